The van der Waals surface area contributed by atoms with E-state index in [9.17, 15) is 0 Å². The Kier molecular flexibility index (Phi) is 5.63. The second kappa shape index (κ2) is 10.4. The zero-order valence-electron chi connectivity index (χ0n) is 26.8. The number of fused-ring (bicyclic) bond motifs is 13. The zero-order chi connectivity index (χ0) is 32.8. The van der Waals surface area contributed by atoms with Crippen molar-refractivity contribution < 1.29 is 4.42 Å². The van der Waals surface area contributed by atoms with Crippen LogP contribution in [0.5, 0.6) is 0 Å². The fourth-order valence-corrected chi connectivity index (χ4v) is 8.04. The van der Waals surface area contributed by atoms with Gasteiger partial charge in [0.2, 0.25) is 0 Å². The average Bonchev–Trinajstić information content (AvgIpc) is 3.75. The maximum absolute atomic E-state index is 6.95. The quantitative estimate of drug-likeness (QED) is 0.194. The summed E-state index contributed by atoms with van der Waals surface area (Å²) in [7, 11) is 0. The maximum Gasteiger partial charge on any atom is 0.144 e. The summed E-state index contributed by atoms with van der Waals surface area (Å²) in [6.07, 6.45) is 1.85. The largest absolute Gasteiger partial charge is 0.455 e. The van der Waals surface area contributed by atoms with Crippen molar-refractivity contribution in [1.82, 2.24) is 14.8 Å². The van der Waals surface area contributed by atoms with Crippen LogP contribution in [0, 0.1) is 0 Å². The first kappa shape index (κ1) is 27.2. The van der Waals surface area contributed by atoms with Gasteiger partial charge in [-0.25, -0.2) is 0 Å². The molecule has 0 aliphatic rings. The number of para-hydroxylation sites is 1. The van der Waals surface area contributed by atoms with Crippen LogP contribution in [-0.4, -0.2) is 14.8 Å². The van der Waals surface area contributed by atoms with Crippen molar-refractivity contribution in [2.45, 2.75) is 0 Å². The van der Waals surface area contributed by atoms with Gasteiger partial charge in [0.15, 0.2) is 0 Å². The lowest BCUT2D eigenvalue weighted by Crippen LogP contribution is -1.94. The third kappa shape index (κ3) is 3.81. The van der Waals surface area contributed by atoms with Crippen LogP contribution in [0.2, 0.25) is 0 Å². The lowest BCUT2D eigenvalue weighted by atomic mass is 9.96. The molecule has 232 valence electrons. The molecule has 0 aliphatic heterocycles. The molecule has 0 bridgehead atoms. The summed E-state index contributed by atoms with van der Waals surface area (Å²) >= 11 is 0. The zero-order valence-corrected chi connectivity index (χ0v) is 26.8. The van der Waals surface area contributed by atoms with Gasteiger partial charge >= 0.3 is 0 Å². The van der Waals surface area contributed by atoms with E-state index in [0.717, 1.165) is 93.2 Å². The smallest absolute Gasteiger partial charge is 0.144 e. The molecule has 0 saturated heterocycles. The predicted octanol–water partition coefficient (Wildman–Crippen LogP) is 12.3. The Hall–Kier alpha value is -6.78. The number of nitrogens with zero attached hydrogens (tertiary/aromatic N) is 3. The van der Waals surface area contributed by atoms with Crippen LogP contribution in [0.1, 0.15) is 0 Å². The minimum atomic E-state index is 0.864. The van der Waals surface area contributed by atoms with E-state index in [-0.39, 0.29) is 0 Å². The van der Waals surface area contributed by atoms with Gasteiger partial charge in [-0.1, -0.05) is 121 Å². The molecule has 4 heteroatoms. The Balaban J connectivity index is 1.31. The van der Waals surface area contributed by atoms with Crippen LogP contribution in [0.25, 0.3) is 104 Å². The highest BCUT2D eigenvalue weighted by Crippen LogP contribution is 2.47. The molecule has 3 aromatic heterocycles. The highest BCUT2D eigenvalue weighted by Gasteiger charge is 2.24. The van der Waals surface area contributed by atoms with Crippen molar-refractivity contribution in [2.24, 2.45) is 0 Å². The highest BCUT2D eigenvalue weighted by molar-refractivity contribution is 6.37. The van der Waals surface area contributed by atoms with E-state index in [1.807, 2.05) is 6.20 Å². The first-order valence-electron chi connectivity index (χ1n) is 16.9. The molecule has 0 amide bonds. The second-order valence-electron chi connectivity index (χ2n) is 13.0. The van der Waals surface area contributed by atoms with E-state index in [1.165, 1.54) is 10.9 Å². The molecule has 11 rings (SSSR count). The number of furan rings is 1. The number of hydrogen-bond acceptors (Lipinski definition) is 3. The molecule has 0 spiro atoms. The Labute approximate surface area is 286 Å². The van der Waals surface area contributed by atoms with E-state index < -0.39 is 0 Å². The summed E-state index contributed by atoms with van der Waals surface area (Å²) in [5.41, 5.74) is 9.44. The second-order valence-corrected chi connectivity index (χ2v) is 13.0. The molecular formula is C46H27N3O. The van der Waals surface area contributed by atoms with Gasteiger partial charge in [-0.15, -0.1) is 5.10 Å². The predicted molar refractivity (Wildman–Crippen MR) is 207 cm³/mol. The first-order chi connectivity index (χ1) is 24.8. The SMILES string of the molecule is c1ccc(-c2ccc3cnnc(-c4ccc5c(c4)c4c6c7ccc8ccccc8c7oc6c6ccccc6c4n5-c4ccccc4)c3c2)cc1. The summed E-state index contributed by atoms with van der Waals surface area (Å²) in [6, 6.07) is 56.0. The van der Waals surface area contributed by atoms with Gasteiger partial charge in [0.05, 0.1) is 17.2 Å². The molecule has 0 unspecified atom stereocenters. The summed E-state index contributed by atoms with van der Waals surface area (Å²) in [6.45, 7) is 0. The highest BCUT2D eigenvalue weighted by atomic mass is 16.3. The van der Waals surface area contributed by atoms with Crippen molar-refractivity contribution >= 4 is 76.1 Å². The van der Waals surface area contributed by atoms with Gasteiger partial charge in [-0.2, -0.15) is 5.10 Å². The summed E-state index contributed by atoms with van der Waals surface area (Å²) in [5.74, 6) is 0. The molecule has 0 atom stereocenters. The van der Waals surface area contributed by atoms with Crippen LogP contribution in [0.3, 0.4) is 0 Å². The van der Waals surface area contributed by atoms with E-state index in [1.54, 1.807) is 0 Å². The molecule has 50 heavy (non-hydrogen) atoms. The lowest BCUT2D eigenvalue weighted by molar-refractivity contribution is 0.676. The normalized spacial score (nSPS) is 12.0. The van der Waals surface area contributed by atoms with Crippen LogP contribution in [0.4, 0.5) is 0 Å². The maximum atomic E-state index is 6.95. The Morgan fingerprint density at radius 2 is 1.14 bits per heavy atom. The van der Waals surface area contributed by atoms with Crippen molar-refractivity contribution in [3.63, 3.8) is 0 Å². The van der Waals surface area contributed by atoms with Crippen molar-refractivity contribution in [1.29, 1.82) is 0 Å². The van der Waals surface area contributed by atoms with Crippen molar-refractivity contribution in [3.05, 3.63) is 164 Å². The fourth-order valence-electron chi connectivity index (χ4n) is 8.04. The van der Waals surface area contributed by atoms with Gasteiger partial charge in [-0.3, -0.25) is 0 Å². The third-order valence-electron chi connectivity index (χ3n) is 10.3. The van der Waals surface area contributed by atoms with Gasteiger partial charge in [0.25, 0.3) is 0 Å². The van der Waals surface area contributed by atoms with Crippen LogP contribution >= 0.6 is 0 Å². The van der Waals surface area contributed by atoms with Gasteiger partial charge in [0.1, 0.15) is 16.9 Å². The molecule has 8 aromatic carbocycles. The number of benzene rings is 8. The lowest BCUT2D eigenvalue weighted by Gasteiger charge is -2.10. The van der Waals surface area contributed by atoms with E-state index >= 15 is 0 Å². The minimum absolute atomic E-state index is 0.864. The molecule has 11 aromatic rings. The number of rotatable bonds is 3. The Bertz CT molecular complexity index is 3140. The molecular weight excluding hydrogens is 611 g/mol. The van der Waals surface area contributed by atoms with Gasteiger partial charge < -0.3 is 8.98 Å². The molecule has 0 fully saturated rings. The van der Waals surface area contributed by atoms with E-state index in [0.29, 0.717) is 0 Å². The topological polar surface area (TPSA) is 43.9 Å². The average molecular weight is 638 g/mol. The van der Waals surface area contributed by atoms with Gasteiger partial charge in [-0.05, 0) is 52.9 Å². The first-order valence-corrected chi connectivity index (χ1v) is 16.9. The van der Waals surface area contributed by atoms with Crippen molar-refractivity contribution in [2.75, 3.05) is 0 Å². The monoisotopic (exact) mass is 637 g/mol. The fraction of sp³-hybridized carbons (Fsp3) is 0. The number of hydrogen-bond donors (Lipinski definition) is 0. The molecule has 0 aliphatic carbocycles. The minimum Gasteiger partial charge on any atom is -0.455 e. The van der Waals surface area contributed by atoms with Crippen LogP contribution in [0.15, 0.2) is 168 Å². The van der Waals surface area contributed by atoms with E-state index in [4.69, 9.17) is 9.52 Å². The molecule has 4 nitrogen and oxygen atoms in total. The van der Waals surface area contributed by atoms with E-state index in [2.05, 4.69) is 167 Å². The van der Waals surface area contributed by atoms with Crippen LogP contribution < -0.4 is 0 Å². The molecule has 3 heterocycles. The Morgan fingerprint density at radius 3 is 2.00 bits per heavy atom. The summed E-state index contributed by atoms with van der Waals surface area (Å²) < 4.78 is 9.36. The number of aromatic nitrogens is 3. The summed E-state index contributed by atoms with van der Waals surface area (Å²) in [5, 5.41) is 20.5. The van der Waals surface area contributed by atoms with Gasteiger partial charge in [0, 0.05) is 59.7 Å². The Morgan fingerprint density at radius 1 is 0.440 bits per heavy atom. The molecule has 0 N–H and O–H groups in total. The standard InChI is InChI=1S/C46H27N3O/c1-3-11-28(12-4-1)30-19-20-32-27-47-48-43(38(32)25-30)31-22-24-40-39(26-31)41-42-37-23-21-29-13-7-8-16-34(29)45(37)50-46(42)36-18-10-9-17-35(36)44(41)49(40)33-14-5-2-6-15-33/h1-27H. The van der Waals surface area contributed by atoms with Crippen molar-refractivity contribution in [3.8, 4) is 28.1 Å². The molecule has 0 radical (unpaired) electrons. The third-order valence-corrected chi connectivity index (χ3v) is 10.3. The van der Waals surface area contributed by atoms with Crippen LogP contribution in [-0.2, 0) is 0 Å². The summed E-state index contributed by atoms with van der Waals surface area (Å²) in [4.78, 5) is 0. The molecule has 0 saturated carbocycles.